The summed E-state index contributed by atoms with van der Waals surface area (Å²) in [6.07, 6.45) is -0.215. The number of hydrogen-bond donors (Lipinski definition) is 1. The molecular formula is C11H11F2NO. The second-order valence-corrected chi connectivity index (χ2v) is 3.84. The van der Waals surface area contributed by atoms with E-state index in [4.69, 9.17) is 5.73 Å². The van der Waals surface area contributed by atoms with Crippen LogP contribution in [0.1, 0.15) is 27.9 Å². The maximum absolute atomic E-state index is 13.2. The number of carbonyl (C=O) groups is 1. The zero-order valence-electron chi connectivity index (χ0n) is 8.09. The van der Waals surface area contributed by atoms with Crippen LogP contribution in [0.4, 0.5) is 8.78 Å². The lowest BCUT2D eigenvalue weighted by Gasteiger charge is -2.25. The summed E-state index contributed by atoms with van der Waals surface area (Å²) in [4.78, 5) is 11.1. The number of halogens is 2. The summed E-state index contributed by atoms with van der Waals surface area (Å²) in [5, 5.41) is 0. The van der Waals surface area contributed by atoms with Gasteiger partial charge in [-0.1, -0.05) is 12.1 Å². The number of aryl methyl sites for hydroxylation is 1. The normalized spacial score (nSPS) is 18.3. The Morgan fingerprint density at radius 1 is 1.40 bits per heavy atom. The van der Waals surface area contributed by atoms with E-state index in [1.807, 2.05) is 0 Å². The molecule has 0 bridgehead atoms. The lowest BCUT2D eigenvalue weighted by atomic mass is 9.86. The Labute approximate surface area is 86.1 Å². The third-order valence-electron chi connectivity index (χ3n) is 2.73. The largest absolute Gasteiger partial charge is 0.366 e. The monoisotopic (exact) mass is 211 g/mol. The van der Waals surface area contributed by atoms with Crippen LogP contribution >= 0.6 is 0 Å². The second-order valence-electron chi connectivity index (χ2n) is 3.84. The Balaban J connectivity index is 2.50. The molecule has 0 unspecified atom stereocenters. The predicted octanol–water partition coefficient (Wildman–Crippen LogP) is 1.91. The van der Waals surface area contributed by atoms with Crippen molar-refractivity contribution in [2.24, 2.45) is 5.73 Å². The van der Waals surface area contributed by atoms with Gasteiger partial charge in [0.05, 0.1) is 0 Å². The predicted molar refractivity (Wildman–Crippen MR) is 51.9 cm³/mol. The maximum atomic E-state index is 13.2. The first-order valence-corrected chi connectivity index (χ1v) is 4.78. The van der Waals surface area contributed by atoms with Crippen molar-refractivity contribution in [3.05, 3.63) is 34.9 Å². The Bertz CT molecular complexity index is 415. The minimum absolute atomic E-state index is 0.151. The van der Waals surface area contributed by atoms with E-state index in [-0.39, 0.29) is 18.4 Å². The van der Waals surface area contributed by atoms with Crippen LogP contribution in [0.5, 0.6) is 0 Å². The van der Waals surface area contributed by atoms with Crippen LogP contribution in [-0.2, 0) is 12.8 Å². The molecule has 0 fully saturated rings. The number of amides is 1. The number of fused-ring (bicyclic) bond motifs is 1. The van der Waals surface area contributed by atoms with Gasteiger partial charge in [0.15, 0.2) is 0 Å². The van der Waals surface area contributed by atoms with Crippen molar-refractivity contribution in [1.29, 1.82) is 0 Å². The van der Waals surface area contributed by atoms with Gasteiger partial charge in [-0.3, -0.25) is 4.79 Å². The molecule has 2 nitrogen and oxygen atoms in total. The number of benzene rings is 1. The number of carbonyl (C=O) groups excluding carboxylic acids is 1. The maximum Gasteiger partial charge on any atom is 0.252 e. The van der Waals surface area contributed by atoms with Gasteiger partial charge in [-0.15, -0.1) is 0 Å². The molecule has 0 aromatic heterocycles. The Kier molecular flexibility index (Phi) is 2.21. The van der Waals surface area contributed by atoms with Crippen LogP contribution in [-0.4, -0.2) is 11.8 Å². The molecule has 1 aliphatic carbocycles. The van der Waals surface area contributed by atoms with Crippen LogP contribution in [0.2, 0.25) is 0 Å². The molecule has 0 radical (unpaired) electrons. The molecule has 1 amide bonds. The highest BCUT2D eigenvalue weighted by molar-refractivity contribution is 5.94. The minimum atomic E-state index is -2.71. The molecule has 15 heavy (non-hydrogen) atoms. The zero-order chi connectivity index (χ0) is 11.1. The zero-order valence-corrected chi connectivity index (χ0v) is 8.09. The number of hydrogen-bond acceptors (Lipinski definition) is 1. The third-order valence-corrected chi connectivity index (χ3v) is 2.73. The van der Waals surface area contributed by atoms with E-state index in [0.717, 1.165) is 5.56 Å². The van der Waals surface area contributed by atoms with Gasteiger partial charge in [0.25, 0.3) is 5.92 Å². The first-order chi connectivity index (χ1) is 6.99. The molecule has 4 heteroatoms. The van der Waals surface area contributed by atoms with Crippen molar-refractivity contribution in [2.75, 3.05) is 0 Å². The molecular weight excluding hydrogens is 200 g/mol. The molecule has 0 aliphatic heterocycles. The average Bonchev–Trinajstić information content (AvgIpc) is 2.15. The van der Waals surface area contributed by atoms with Crippen molar-refractivity contribution in [2.45, 2.75) is 25.2 Å². The lowest BCUT2D eigenvalue weighted by Crippen LogP contribution is -2.28. The summed E-state index contributed by atoms with van der Waals surface area (Å²) in [5.74, 6) is -3.34. The van der Waals surface area contributed by atoms with Gasteiger partial charge in [0, 0.05) is 18.4 Å². The molecule has 2 rings (SSSR count). The molecule has 0 saturated carbocycles. The number of nitrogens with two attached hydrogens (primary N) is 1. The molecule has 0 saturated heterocycles. The van der Waals surface area contributed by atoms with Gasteiger partial charge in [-0.25, -0.2) is 8.78 Å². The summed E-state index contributed by atoms with van der Waals surface area (Å²) in [5.41, 5.74) is 6.61. The SMILES string of the molecule is NC(=O)c1cccc2c1CC(F)(F)CC2. The standard InChI is InChI=1S/C11H11F2NO/c12-11(13)5-4-7-2-1-3-8(10(14)15)9(7)6-11/h1-3H,4-6H2,(H2,14,15). The van der Waals surface area contributed by atoms with Gasteiger partial charge in [0.1, 0.15) is 0 Å². The average molecular weight is 211 g/mol. The first-order valence-electron chi connectivity index (χ1n) is 4.78. The van der Waals surface area contributed by atoms with Crippen LogP contribution in [0.3, 0.4) is 0 Å². The highest BCUT2D eigenvalue weighted by Gasteiger charge is 2.35. The Hall–Kier alpha value is -1.45. The molecule has 1 aliphatic rings. The fraction of sp³-hybridized carbons (Fsp3) is 0.364. The molecule has 0 atom stereocenters. The van der Waals surface area contributed by atoms with E-state index < -0.39 is 11.8 Å². The smallest absolute Gasteiger partial charge is 0.252 e. The Morgan fingerprint density at radius 3 is 2.80 bits per heavy atom. The second kappa shape index (κ2) is 3.29. The van der Waals surface area contributed by atoms with Crippen LogP contribution in [0, 0.1) is 0 Å². The molecule has 1 aromatic carbocycles. The summed E-state index contributed by atoms with van der Waals surface area (Å²) in [6.45, 7) is 0. The van der Waals surface area contributed by atoms with E-state index in [2.05, 4.69) is 0 Å². The van der Waals surface area contributed by atoms with E-state index in [9.17, 15) is 13.6 Å². The Morgan fingerprint density at radius 2 is 2.13 bits per heavy atom. The summed E-state index contributed by atoms with van der Waals surface area (Å²) in [7, 11) is 0. The topological polar surface area (TPSA) is 43.1 Å². The molecule has 0 spiro atoms. The quantitative estimate of drug-likeness (QED) is 0.757. The highest BCUT2D eigenvalue weighted by Crippen LogP contribution is 2.34. The third kappa shape index (κ3) is 1.84. The molecule has 1 aromatic rings. The van der Waals surface area contributed by atoms with Crippen molar-refractivity contribution in [3.63, 3.8) is 0 Å². The van der Waals surface area contributed by atoms with Crippen LogP contribution < -0.4 is 5.73 Å². The lowest BCUT2D eigenvalue weighted by molar-refractivity contribution is -0.0123. The van der Waals surface area contributed by atoms with Gasteiger partial charge in [-0.05, 0) is 23.6 Å². The van der Waals surface area contributed by atoms with Crippen LogP contribution in [0.25, 0.3) is 0 Å². The molecule has 2 N–H and O–H groups in total. The highest BCUT2D eigenvalue weighted by atomic mass is 19.3. The van der Waals surface area contributed by atoms with Gasteiger partial charge < -0.3 is 5.73 Å². The van der Waals surface area contributed by atoms with Crippen molar-refractivity contribution < 1.29 is 13.6 Å². The van der Waals surface area contributed by atoms with Gasteiger partial charge in [0.2, 0.25) is 5.91 Å². The summed E-state index contributed by atoms with van der Waals surface area (Å²) in [6, 6.07) is 4.96. The summed E-state index contributed by atoms with van der Waals surface area (Å²) < 4.78 is 26.3. The van der Waals surface area contributed by atoms with E-state index >= 15 is 0 Å². The van der Waals surface area contributed by atoms with E-state index in [1.54, 1.807) is 12.1 Å². The van der Waals surface area contributed by atoms with Crippen LogP contribution in [0.15, 0.2) is 18.2 Å². The molecule has 80 valence electrons. The van der Waals surface area contributed by atoms with E-state index in [0.29, 0.717) is 12.0 Å². The fourth-order valence-corrected chi connectivity index (χ4v) is 1.97. The van der Waals surface area contributed by atoms with Gasteiger partial charge in [-0.2, -0.15) is 0 Å². The fourth-order valence-electron chi connectivity index (χ4n) is 1.97. The number of primary amides is 1. The van der Waals surface area contributed by atoms with Crippen molar-refractivity contribution >= 4 is 5.91 Å². The number of rotatable bonds is 1. The first kappa shape index (κ1) is 10.1. The van der Waals surface area contributed by atoms with Gasteiger partial charge >= 0.3 is 0 Å². The summed E-state index contributed by atoms with van der Waals surface area (Å²) >= 11 is 0. The van der Waals surface area contributed by atoms with Crippen molar-refractivity contribution in [3.8, 4) is 0 Å². The number of alkyl halides is 2. The van der Waals surface area contributed by atoms with Crippen molar-refractivity contribution in [1.82, 2.24) is 0 Å². The van der Waals surface area contributed by atoms with E-state index in [1.165, 1.54) is 6.07 Å². The molecule has 0 heterocycles. The minimum Gasteiger partial charge on any atom is -0.366 e.